The predicted molar refractivity (Wildman–Crippen MR) is 72.6 cm³/mol. The van der Waals surface area contributed by atoms with Gasteiger partial charge in [-0.15, -0.1) is 0 Å². The van der Waals surface area contributed by atoms with E-state index in [1.807, 2.05) is 18.2 Å². The topological polar surface area (TPSA) is 37.4 Å². The smallest absolute Gasteiger partial charge is 0.211 e. The Morgan fingerprint density at radius 1 is 1.41 bits per heavy atom. The summed E-state index contributed by atoms with van der Waals surface area (Å²) in [4.78, 5) is 0. The Morgan fingerprint density at radius 3 is 2.82 bits per heavy atom. The van der Waals surface area contributed by atoms with Gasteiger partial charge in [0.25, 0.3) is 0 Å². The van der Waals surface area contributed by atoms with Crippen molar-refractivity contribution in [1.82, 2.24) is 4.31 Å². The van der Waals surface area contributed by atoms with Crippen molar-refractivity contribution in [3.63, 3.8) is 0 Å². The SMILES string of the molecule is CN(C1CCCc2ccccc21)S(=O)(=O)CBr. The third-order valence-electron chi connectivity index (χ3n) is 3.35. The number of hydrogen-bond acceptors (Lipinski definition) is 2. The number of aryl methyl sites for hydroxylation is 1. The monoisotopic (exact) mass is 317 g/mol. The second-order valence-corrected chi connectivity index (χ2v) is 7.68. The van der Waals surface area contributed by atoms with Crippen LogP contribution in [0.2, 0.25) is 0 Å². The summed E-state index contributed by atoms with van der Waals surface area (Å²) in [6, 6.07) is 8.11. The minimum Gasteiger partial charge on any atom is -0.211 e. The fourth-order valence-corrected chi connectivity index (χ4v) is 4.11. The van der Waals surface area contributed by atoms with Gasteiger partial charge in [0, 0.05) is 13.1 Å². The summed E-state index contributed by atoms with van der Waals surface area (Å²) >= 11 is 3.05. The molecule has 0 saturated heterocycles. The normalized spacial score (nSPS) is 20.3. The van der Waals surface area contributed by atoms with Crippen molar-refractivity contribution in [3.8, 4) is 0 Å². The Kier molecular flexibility index (Phi) is 3.90. The third kappa shape index (κ3) is 2.56. The molecule has 0 N–H and O–H groups in total. The van der Waals surface area contributed by atoms with Crippen LogP contribution < -0.4 is 0 Å². The van der Waals surface area contributed by atoms with E-state index in [1.165, 1.54) is 9.87 Å². The Balaban J connectivity index is 2.36. The van der Waals surface area contributed by atoms with E-state index in [0.717, 1.165) is 24.8 Å². The quantitative estimate of drug-likeness (QED) is 0.804. The predicted octanol–water partition coefficient (Wildman–Crippen LogP) is 2.68. The lowest BCUT2D eigenvalue weighted by molar-refractivity contribution is 0.339. The summed E-state index contributed by atoms with van der Waals surface area (Å²) in [5.41, 5.74) is 2.44. The zero-order valence-corrected chi connectivity index (χ0v) is 12.2. The van der Waals surface area contributed by atoms with Crippen molar-refractivity contribution in [1.29, 1.82) is 0 Å². The molecule has 1 aliphatic carbocycles. The highest BCUT2D eigenvalue weighted by Gasteiger charge is 2.29. The summed E-state index contributed by atoms with van der Waals surface area (Å²) in [5, 5.41) is 0. The highest BCUT2D eigenvalue weighted by molar-refractivity contribution is 9.10. The molecule has 0 saturated carbocycles. The molecule has 5 heteroatoms. The average molecular weight is 318 g/mol. The molecular formula is C12H16BrNO2S. The van der Waals surface area contributed by atoms with Gasteiger partial charge in [0.2, 0.25) is 10.0 Å². The Hall–Kier alpha value is -0.390. The summed E-state index contributed by atoms with van der Waals surface area (Å²) in [6.45, 7) is 0. The van der Waals surface area contributed by atoms with Crippen LogP contribution in [0, 0.1) is 0 Å². The molecule has 2 rings (SSSR count). The van der Waals surface area contributed by atoms with Crippen molar-refractivity contribution in [3.05, 3.63) is 35.4 Å². The zero-order valence-electron chi connectivity index (χ0n) is 9.77. The minimum absolute atomic E-state index is 0.0116. The maximum Gasteiger partial charge on any atom is 0.224 e. The summed E-state index contributed by atoms with van der Waals surface area (Å²) in [6.07, 6.45) is 3.00. The van der Waals surface area contributed by atoms with E-state index in [9.17, 15) is 8.42 Å². The second-order valence-electron chi connectivity index (χ2n) is 4.34. The average Bonchev–Trinajstić information content (AvgIpc) is 2.37. The Morgan fingerprint density at radius 2 is 2.12 bits per heavy atom. The lowest BCUT2D eigenvalue weighted by atomic mass is 9.88. The van der Waals surface area contributed by atoms with E-state index in [4.69, 9.17) is 0 Å². The fourth-order valence-electron chi connectivity index (χ4n) is 2.38. The van der Waals surface area contributed by atoms with Gasteiger partial charge in [0.05, 0.1) is 0 Å². The van der Waals surface area contributed by atoms with Crippen LogP contribution in [-0.4, -0.2) is 24.4 Å². The summed E-state index contributed by atoms with van der Waals surface area (Å²) < 4.78 is 25.3. The molecule has 0 aromatic heterocycles. The molecule has 0 spiro atoms. The maximum atomic E-state index is 11.9. The number of rotatable bonds is 3. The van der Waals surface area contributed by atoms with Crippen LogP contribution in [0.5, 0.6) is 0 Å². The van der Waals surface area contributed by atoms with E-state index in [1.54, 1.807) is 7.05 Å². The highest BCUT2D eigenvalue weighted by Crippen LogP contribution is 2.34. The minimum atomic E-state index is -3.19. The van der Waals surface area contributed by atoms with Crippen molar-refractivity contribution >= 4 is 26.0 Å². The van der Waals surface area contributed by atoms with Gasteiger partial charge < -0.3 is 0 Å². The highest BCUT2D eigenvalue weighted by atomic mass is 79.9. The number of fused-ring (bicyclic) bond motifs is 1. The van der Waals surface area contributed by atoms with Crippen LogP contribution in [0.1, 0.15) is 30.0 Å². The van der Waals surface area contributed by atoms with Crippen molar-refractivity contribution in [2.24, 2.45) is 0 Å². The van der Waals surface area contributed by atoms with E-state index in [0.29, 0.717) is 0 Å². The van der Waals surface area contributed by atoms with Gasteiger partial charge in [-0.25, -0.2) is 8.42 Å². The molecular weight excluding hydrogens is 302 g/mol. The third-order valence-corrected chi connectivity index (χ3v) is 6.50. The first-order valence-corrected chi connectivity index (χ1v) is 8.39. The Labute approximate surface area is 111 Å². The van der Waals surface area contributed by atoms with Crippen molar-refractivity contribution < 1.29 is 8.42 Å². The van der Waals surface area contributed by atoms with Crippen LogP contribution in [0.3, 0.4) is 0 Å². The van der Waals surface area contributed by atoms with Gasteiger partial charge in [0.15, 0.2) is 0 Å². The Bertz CT molecular complexity index is 501. The molecule has 0 bridgehead atoms. The molecule has 0 aliphatic heterocycles. The summed E-state index contributed by atoms with van der Waals surface area (Å²) in [7, 11) is -1.52. The standard InChI is InChI=1S/C12H16BrNO2S/c1-14(17(15,16)9-13)12-8-4-6-10-5-2-3-7-11(10)12/h2-3,5,7,12H,4,6,8-9H2,1H3. The second kappa shape index (κ2) is 5.08. The maximum absolute atomic E-state index is 11.9. The van der Waals surface area contributed by atoms with E-state index in [-0.39, 0.29) is 10.7 Å². The molecule has 1 aromatic carbocycles. The first kappa shape index (κ1) is 13.1. The number of halogens is 1. The number of hydrogen-bond donors (Lipinski definition) is 0. The molecule has 1 unspecified atom stereocenters. The first-order valence-electron chi connectivity index (χ1n) is 5.66. The fraction of sp³-hybridized carbons (Fsp3) is 0.500. The number of sulfonamides is 1. The van der Waals surface area contributed by atoms with E-state index in [2.05, 4.69) is 22.0 Å². The largest absolute Gasteiger partial charge is 0.224 e. The van der Waals surface area contributed by atoms with Crippen molar-refractivity contribution in [2.45, 2.75) is 25.3 Å². The molecule has 1 atom stereocenters. The molecule has 0 fully saturated rings. The zero-order chi connectivity index (χ0) is 12.5. The first-order chi connectivity index (χ1) is 8.06. The van der Waals surface area contributed by atoms with Crippen LogP contribution in [0.15, 0.2) is 24.3 Å². The van der Waals surface area contributed by atoms with Gasteiger partial charge in [-0.2, -0.15) is 4.31 Å². The molecule has 0 heterocycles. The van der Waals surface area contributed by atoms with E-state index < -0.39 is 10.0 Å². The van der Waals surface area contributed by atoms with Crippen LogP contribution >= 0.6 is 15.9 Å². The molecule has 1 aliphatic rings. The van der Waals surface area contributed by atoms with E-state index >= 15 is 0 Å². The molecule has 94 valence electrons. The van der Waals surface area contributed by atoms with Crippen molar-refractivity contribution in [2.75, 3.05) is 11.7 Å². The molecule has 0 amide bonds. The molecule has 3 nitrogen and oxygen atoms in total. The van der Waals surface area contributed by atoms with Gasteiger partial charge >= 0.3 is 0 Å². The lowest BCUT2D eigenvalue weighted by Crippen LogP contribution is -2.33. The van der Waals surface area contributed by atoms with Gasteiger partial charge in [-0.3, -0.25) is 0 Å². The molecule has 17 heavy (non-hydrogen) atoms. The van der Waals surface area contributed by atoms with Gasteiger partial charge in [-0.05, 0) is 30.4 Å². The van der Waals surface area contributed by atoms with Gasteiger partial charge in [-0.1, -0.05) is 40.2 Å². The van der Waals surface area contributed by atoms with Crippen LogP contribution in [0.4, 0.5) is 0 Å². The lowest BCUT2D eigenvalue weighted by Gasteiger charge is -2.32. The molecule has 1 aromatic rings. The van der Waals surface area contributed by atoms with Crippen LogP contribution in [0.25, 0.3) is 0 Å². The summed E-state index contributed by atoms with van der Waals surface area (Å²) in [5.74, 6) is 0. The van der Waals surface area contributed by atoms with Gasteiger partial charge in [0.1, 0.15) is 4.66 Å². The van der Waals surface area contributed by atoms with Crippen LogP contribution in [-0.2, 0) is 16.4 Å². The molecule has 0 radical (unpaired) electrons. The number of alkyl halides is 1. The number of nitrogens with zero attached hydrogens (tertiary/aromatic N) is 1. The number of benzene rings is 1.